The summed E-state index contributed by atoms with van der Waals surface area (Å²) < 4.78 is 5.27. The molecule has 0 saturated heterocycles. The lowest BCUT2D eigenvalue weighted by molar-refractivity contribution is -0.118. The van der Waals surface area contributed by atoms with Gasteiger partial charge in [-0.25, -0.2) is 4.98 Å². The minimum atomic E-state index is -1.14. The molecule has 0 aliphatic carbocycles. The third-order valence-corrected chi connectivity index (χ3v) is 5.63. The average molecular weight is 441 g/mol. The fourth-order valence-corrected chi connectivity index (χ4v) is 3.99. The molecule has 31 heavy (non-hydrogen) atoms. The number of carbonyl (C=O) groups is 2. The summed E-state index contributed by atoms with van der Waals surface area (Å²) in [5, 5.41) is 21.7. The molecule has 160 valence electrons. The molecule has 2 heterocycles. The molecule has 12 heteroatoms. The Morgan fingerprint density at radius 1 is 1.39 bits per heavy atom. The van der Waals surface area contributed by atoms with Crippen LogP contribution < -0.4 is 33.0 Å². The molecule has 11 nitrogen and oxygen atoms in total. The number of fused-ring (bicyclic) bond motifs is 1. The predicted molar refractivity (Wildman–Crippen MR) is 117 cm³/mol. The number of methoxy groups -OCH3 is 1. The summed E-state index contributed by atoms with van der Waals surface area (Å²) in [5.41, 5.74) is 24.3. The van der Waals surface area contributed by atoms with Gasteiger partial charge in [0.25, 0.3) is 5.91 Å². The molecule has 2 amide bonds. The number of aliphatic hydroxyl groups excluding tert-OH is 1. The van der Waals surface area contributed by atoms with Crippen LogP contribution in [0.1, 0.15) is 15.2 Å². The average Bonchev–Trinajstić information content (AvgIpc) is 3.08. The van der Waals surface area contributed by atoms with Gasteiger partial charge in [0.15, 0.2) is 0 Å². The highest BCUT2D eigenvalue weighted by Gasteiger charge is 2.24. The molecule has 1 aromatic carbocycles. The molecule has 0 fully saturated rings. The van der Waals surface area contributed by atoms with Gasteiger partial charge in [-0.15, -0.1) is 11.3 Å². The fourth-order valence-electron chi connectivity index (χ4n) is 3.02. The van der Waals surface area contributed by atoms with E-state index in [9.17, 15) is 14.9 Å². The van der Waals surface area contributed by atoms with E-state index in [0.29, 0.717) is 27.1 Å². The first-order valence-electron chi connectivity index (χ1n) is 8.80. The van der Waals surface area contributed by atoms with E-state index in [1.807, 2.05) is 6.07 Å². The Bertz CT molecular complexity index is 1250. The molecule has 0 spiro atoms. The number of hydrogen-bond acceptors (Lipinski definition) is 10. The van der Waals surface area contributed by atoms with Gasteiger partial charge in [0.05, 0.1) is 25.1 Å². The SMILES string of the molecule is COc1ccc(-c2c(C#N)c(N)nc3sc(C(N)=O)c(N)c23)cc1NC(=O)[C@@H](N)CO. The number of nitrogens with zero attached hydrogens (tertiary/aromatic N) is 2. The maximum absolute atomic E-state index is 12.2. The summed E-state index contributed by atoms with van der Waals surface area (Å²) in [7, 11) is 1.41. The second-order valence-electron chi connectivity index (χ2n) is 6.44. The molecule has 10 N–H and O–H groups in total. The quantitative estimate of drug-likeness (QED) is 0.311. The third-order valence-electron chi connectivity index (χ3n) is 4.52. The largest absolute Gasteiger partial charge is 0.495 e. The van der Waals surface area contributed by atoms with Gasteiger partial charge in [0.2, 0.25) is 5.91 Å². The van der Waals surface area contributed by atoms with Gasteiger partial charge < -0.3 is 38.1 Å². The zero-order valence-corrected chi connectivity index (χ0v) is 17.1. The van der Waals surface area contributed by atoms with Crippen molar-refractivity contribution in [2.45, 2.75) is 6.04 Å². The number of ether oxygens (including phenoxy) is 1. The van der Waals surface area contributed by atoms with Crippen molar-refractivity contribution in [2.75, 3.05) is 30.5 Å². The van der Waals surface area contributed by atoms with Gasteiger partial charge in [-0.1, -0.05) is 6.07 Å². The Labute approximate surface area is 180 Å². The zero-order chi connectivity index (χ0) is 22.9. The number of nitrogens with one attached hydrogen (secondary N) is 1. The highest BCUT2D eigenvalue weighted by molar-refractivity contribution is 7.21. The molecule has 0 bridgehead atoms. The first kappa shape index (κ1) is 21.8. The van der Waals surface area contributed by atoms with Crippen molar-refractivity contribution in [1.29, 1.82) is 5.26 Å². The van der Waals surface area contributed by atoms with Crippen LogP contribution >= 0.6 is 11.3 Å². The Kier molecular flexibility index (Phi) is 5.93. The highest BCUT2D eigenvalue weighted by Crippen LogP contribution is 2.43. The minimum Gasteiger partial charge on any atom is -0.495 e. The van der Waals surface area contributed by atoms with Crippen LogP contribution in [0.25, 0.3) is 21.3 Å². The Morgan fingerprint density at radius 2 is 2.10 bits per heavy atom. The molecule has 3 aromatic rings. The number of thiophene rings is 1. The monoisotopic (exact) mass is 441 g/mol. The number of carbonyl (C=O) groups excluding carboxylic acids is 2. The molecular formula is C19H19N7O4S. The number of nitrogens with two attached hydrogens (primary N) is 4. The summed E-state index contributed by atoms with van der Waals surface area (Å²) in [4.78, 5) is 28.5. The second kappa shape index (κ2) is 8.44. The molecule has 1 atom stereocenters. The molecule has 0 saturated carbocycles. The number of amides is 2. The maximum Gasteiger partial charge on any atom is 0.260 e. The summed E-state index contributed by atoms with van der Waals surface area (Å²) in [6.07, 6.45) is 0. The van der Waals surface area contributed by atoms with Crippen molar-refractivity contribution in [3.8, 4) is 22.9 Å². The standard InChI is InChI=1S/C19H19N7O4S/c1-30-11-3-2-7(4-10(11)25-18(29)9(21)6-27)12-8(5-20)16(23)26-19-13(12)14(22)15(31-19)17(24)28/h2-4,9,27H,6,21-22H2,1H3,(H2,23,26)(H2,24,28)(H,25,29)/t9-/m0/s1. The van der Waals surface area contributed by atoms with Crippen LogP contribution in [0, 0.1) is 11.3 Å². The van der Waals surface area contributed by atoms with Gasteiger partial charge in [-0.3, -0.25) is 9.59 Å². The van der Waals surface area contributed by atoms with Crippen LogP contribution in [0.4, 0.5) is 17.2 Å². The van der Waals surface area contributed by atoms with E-state index in [-0.39, 0.29) is 27.6 Å². The lowest BCUT2D eigenvalue weighted by Gasteiger charge is -2.16. The number of nitrogen functional groups attached to an aromatic ring is 2. The number of nitriles is 1. The van der Waals surface area contributed by atoms with Crippen molar-refractivity contribution in [1.82, 2.24) is 4.98 Å². The number of aliphatic hydroxyl groups is 1. The normalized spacial score (nSPS) is 11.7. The van der Waals surface area contributed by atoms with Crippen LogP contribution in [0.5, 0.6) is 5.75 Å². The molecule has 3 rings (SSSR count). The van der Waals surface area contributed by atoms with E-state index in [2.05, 4.69) is 10.3 Å². The molecular weight excluding hydrogens is 422 g/mol. The van der Waals surface area contributed by atoms with Crippen molar-refractivity contribution in [3.05, 3.63) is 28.6 Å². The van der Waals surface area contributed by atoms with Gasteiger partial charge in [0, 0.05) is 10.9 Å². The minimum absolute atomic E-state index is 0.0440. The summed E-state index contributed by atoms with van der Waals surface area (Å²) in [6, 6.07) is 5.61. The van der Waals surface area contributed by atoms with Crippen molar-refractivity contribution < 1.29 is 19.4 Å². The van der Waals surface area contributed by atoms with Crippen LogP contribution in [-0.2, 0) is 4.79 Å². The van der Waals surface area contributed by atoms with Crippen molar-refractivity contribution in [2.24, 2.45) is 11.5 Å². The van der Waals surface area contributed by atoms with Crippen molar-refractivity contribution >= 4 is 50.6 Å². The number of rotatable bonds is 6. The number of benzene rings is 1. The number of aromatic nitrogens is 1. The molecule has 0 radical (unpaired) electrons. The number of anilines is 3. The molecule has 0 unspecified atom stereocenters. The third kappa shape index (κ3) is 3.80. The molecule has 2 aromatic heterocycles. The topological polar surface area (TPSA) is 216 Å². The van der Waals surface area contributed by atoms with E-state index < -0.39 is 24.5 Å². The molecule has 0 aliphatic heterocycles. The first-order chi connectivity index (χ1) is 14.7. The lowest BCUT2D eigenvalue weighted by Crippen LogP contribution is -2.38. The Balaban J connectivity index is 2.30. The lowest BCUT2D eigenvalue weighted by atomic mass is 9.96. The zero-order valence-electron chi connectivity index (χ0n) is 16.3. The van der Waals surface area contributed by atoms with Gasteiger partial charge in [-0.2, -0.15) is 5.26 Å². The van der Waals surface area contributed by atoms with E-state index in [4.69, 9.17) is 32.8 Å². The van der Waals surface area contributed by atoms with Crippen LogP contribution in [0.3, 0.4) is 0 Å². The highest BCUT2D eigenvalue weighted by atomic mass is 32.1. The van der Waals surface area contributed by atoms with Crippen molar-refractivity contribution in [3.63, 3.8) is 0 Å². The van der Waals surface area contributed by atoms with E-state index in [1.54, 1.807) is 12.1 Å². The molecule has 0 aliphatic rings. The maximum atomic E-state index is 12.2. The van der Waals surface area contributed by atoms with Crippen LogP contribution in [-0.4, -0.2) is 41.7 Å². The van der Waals surface area contributed by atoms with Crippen LogP contribution in [0.15, 0.2) is 18.2 Å². The first-order valence-corrected chi connectivity index (χ1v) is 9.62. The predicted octanol–water partition coefficient (Wildman–Crippen LogP) is 0.365. The number of primary amides is 1. The van der Waals surface area contributed by atoms with Gasteiger partial charge >= 0.3 is 0 Å². The van der Waals surface area contributed by atoms with Gasteiger partial charge in [0.1, 0.15) is 38.9 Å². The van der Waals surface area contributed by atoms with Crippen LogP contribution in [0.2, 0.25) is 0 Å². The Morgan fingerprint density at radius 3 is 2.68 bits per heavy atom. The number of pyridine rings is 1. The second-order valence-corrected chi connectivity index (χ2v) is 7.44. The van der Waals surface area contributed by atoms with E-state index in [0.717, 1.165) is 11.3 Å². The number of hydrogen-bond donors (Lipinski definition) is 6. The summed E-state index contributed by atoms with van der Waals surface area (Å²) in [6.45, 7) is -0.546. The van der Waals surface area contributed by atoms with Gasteiger partial charge in [-0.05, 0) is 17.7 Å². The fraction of sp³-hybridized carbons (Fsp3) is 0.158. The smallest absolute Gasteiger partial charge is 0.260 e. The van der Waals surface area contributed by atoms with E-state index >= 15 is 0 Å². The Hall–Kier alpha value is -3.92. The van der Waals surface area contributed by atoms with E-state index in [1.165, 1.54) is 13.2 Å². The summed E-state index contributed by atoms with van der Waals surface area (Å²) in [5.74, 6) is -1.10. The summed E-state index contributed by atoms with van der Waals surface area (Å²) >= 11 is 0.965.